The van der Waals surface area contributed by atoms with Crippen LogP contribution in [0.5, 0.6) is 0 Å². The lowest BCUT2D eigenvalue weighted by Gasteiger charge is -2.04. The van der Waals surface area contributed by atoms with Crippen LogP contribution in [0.2, 0.25) is 0 Å². The number of unbranched alkanes of at least 4 members (excludes halogenated alkanes) is 3. The summed E-state index contributed by atoms with van der Waals surface area (Å²) < 4.78 is 0. The van der Waals surface area contributed by atoms with Crippen molar-refractivity contribution in [3.05, 3.63) is 0 Å². The monoisotopic (exact) mass is 215 g/mol. The van der Waals surface area contributed by atoms with E-state index in [1.165, 1.54) is 0 Å². The summed E-state index contributed by atoms with van der Waals surface area (Å²) in [6, 6.07) is 0. The molecule has 4 N–H and O–H groups in total. The van der Waals surface area contributed by atoms with E-state index < -0.39 is 11.8 Å². The van der Waals surface area contributed by atoms with Crippen LogP contribution in [0.15, 0.2) is 0 Å². The standard InChI is InChI=1S/C10H21N3O2/c1-2-3-4-5-7-12-9(14)10(15)13-8-6-11/h2-8,11H2,1H3,(H,12,14)(H,13,15). The number of hydrogen-bond donors (Lipinski definition) is 3. The Morgan fingerprint density at radius 1 is 1.00 bits per heavy atom. The third kappa shape index (κ3) is 7.93. The number of amides is 2. The van der Waals surface area contributed by atoms with Crippen molar-refractivity contribution in [1.29, 1.82) is 0 Å². The molecule has 88 valence electrons. The number of carbonyl (C=O) groups is 2. The van der Waals surface area contributed by atoms with Gasteiger partial charge in [-0.3, -0.25) is 9.59 Å². The average molecular weight is 215 g/mol. The van der Waals surface area contributed by atoms with Gasteiger partial charge in [0.05, 0.1) is 0 Å². The smallest absolute Gasteiger partial charge is 0.309 e. The second kappa shape index (κ2) is 9.45. The maximum atomic E-state index is 11.1. The van der Waals surface area contributed by atoms with E-state index in [2.05, 4.69) is 17.6 Å². The lowest BCUT2D eigenvalue weighted by molar-refractivity contribution is -0.139. The van der Waals surface area contributed by atoms with Gasteiger partial charge in [-0.05, 0) is 6.42 Å². The fourth-order valence-electron chi connectivity index (χ4n) is 1.10. The molecule has 0 aliphatic rings. The number of rotatable bonds is 7. The number of nitrogens with one attached hydrogen (secondary N) is 2. The summed E-state index contributed by atoms with van der Waals surface area (Å²) in [7, 11) is 0. The molecular formula is C10H21N3O2. The molecule has 0 aliphatic heterocycles. The van der Waals surface area contributed by atoms with E-state index >= 15 is 0 Å². The molecule has 0 aromatic carbocycles. The van der Waals surface area contributed by atoms with Crippen LogP contribution in [0, 0.1) is 0 Å². The molecule has 2 amide bonds. The van der Waals surface area contributed by atoms with Crippen LogP contribution < -0.4 is 16.4 Å². The van der Waals surface area contributed by atoms with Crippen LogP contribution in [-0.4, -0.2) is 31.4 Å². The number of hydrogen-bond acceptors (Lipinski definition) is 3. The lowest BCUT2D eigenvalue weighted by Crippen LogP contribution is -2.41. The molecule has 0 aromatic heterocycles. The predicted octanol–water partition coefficient (Wildman–Crippen LogP) is -0.242. The van der Waals surface area contributed by atoms with E-state index in [0.29, 0.717) is 19.6 Å². The van der Waals surface area contributed by atoms with Gasteiger partial charge in [0, 0.05) is 19.6 Å². The van der Waals surface area contributed by atoms with Gasteiger partial charge < -0.3 is 16.4 Å². The highest BCUT2D eigenvalue weighted by atomic mass is 16.2. The van der Waals surface area contributed by atoms with Crippen molar-refractivity contribution in [2.24, 2.45) is 5.73 Å². The van der Waals surface area contributed by atoms with Gasteiger partial charge in [-0.15, -0.1) is 0 Å². The van der Waals surface area contributed by atoms with Crippen LogP contribution in [-0.2, 0) is 9.59 Å². The summed E-state index contributed by atoms with van der Waals surface area (Å²) in [6.45, 7) is 3.37. The Kier molecular flexibility index (Phi) is 8.76. The molecule has 0 aliphatic carbocycles. The molecule has 0 fully saturated rings. The topological polar surface area (TPSA) is 84.2 Å². The zero-order valence-electron chi connectivity index (χ0n) is 9.34. The third-order valence-corrected chi connectivity index (χ3v) is 1.95. The van der Waals surface area contributed by atoms with Crippen LogP contribution in [0.4, 0.5) is 0 Å². The molecule has 5 nitrogen and oxygen atoms in total. The highest BCUT2D eigenvalue weighted by molar-refractivity contribution is 6.35. The largest absolute Gasteiger partial charge is 0.348 e. The first-order chi connectivity index (χ1) is 7.22. The van der Waals surface area contributed by atoms with E-state index in [4.69, 9.17) is 5.73 Å². The molecule has 0 saturated heterocycles. The van der Waals surface area contributed by atoms with Crippen molar-refractivity contribution in [2.75, 3.05) is 19.6 Å². The van der Waals surface area contributed by atoms with Crippen molar-refractivity contribution in [3.8, 4) is 0 Å². The Labute approximate surface area is 90.8 Å². The molecular weight excluding hydrogens is 194 g/mol. The first kappa shape index (κ1) is 13.9. The van der Waals surface area contributed by atoms with Gasteiger partial charge in [-0.2, -0.15) is 0 Å². The number of carbonyl (C=O) groups excluding carboxylic acids is 2. The van der Waals surface area contributed by atoms with Gasteiger partial charge in [0.15, 0.2) is 0 Å². The zero-order valence-corrected chi connectivity index (χ0v) is 9.34. The van der Waals surface area contributed by atoms with Crippen LogP contribution in [0.1, 0.15) is 32.6 Å². The third-order valence-electron chi connectivity index (χ3n) is 1.95. The highest BCUT2D eigenvalue weighted by Crippen LogP contribution is 1.96. The molecule has 0 rings (SSSR count). The van der Waals surface area contributed by atoms with Crippen molar-refractivity contribution in [3.63, 3.8) is 0 Å². The fourth-order valence-corrected chi connectivity index (χ4v) is 1.10. The summed E-state index contributed by atoms with van der Waals surface area (Å²) in [5, 5.41) is 4.97. The zero-order chi connectivity index (χ0) is 11.5. The minimum Gasteiger partial charge on any atom is -0.348 e. The van der Waals surface area contributed by atoms with Crippen LogP contribution in [0.3, 0.4) is 0 Å². The quantitative estimate of drug-likeness (QED) is 0.405. The Balaban J connectivity index is 3.43. The summed E-state index contributed by atoms with van der Waals surface area (Å²) in [5.41, 5.74) is 5.19. The molecule has 15 heavy (non-hydrogen) atoms. The predicted molar refractivity (Wildman–Crippen MR) is 59.2 cm³/mol. The molecule has 0 aromatic rings. The Hall–Kier alpha value is -1.10. The molecule has 0 atom stereocenters. The summed E-state index contributed by atoms with van der Waals surface area (Å²) in [6.07, 6.45) is 4.32. The van der Waals surface area contributed by atoms with Gasteiger partial charge in [-0.25, -0.2) is 0 Å². The second-order valence-electron chi connectivity index (χ2n) is 3.36. The van der Waals surface area contributed by atoms with Gasteiger partial charge in [0.25, 0.3) is 0 Å². The highest BCUT2D eigenvalue weighted by Gasteiger charge is 2.10. The van der Waals surface area contributed by atoms with E-state index in [1.54, 1.807) is 0 Å². The molecule has 0 radical (unpaired) electrons. The Morgan fingerprint density at radius 2 is 1.60 bits per heavy atom. The molecule has 0 spiro atoms. The first-order valence-electron chi connectivity index (χ1n) is 5.48. The summed E-state index contributed by atoms with van der Waals surface area (Å²) in [5.74, 6) is -1.17. The molecule has 0 heterocycles. The van der Waals surface area contributed by atoms with E-state index in [0.717, 1.165) is 25.7 Å². The fraction of sp³-hybridized carbons (Fsp3) is 0.800. The van der Waals surface area contributed by atoms with Crippen molar-refractivity contribution >= 4 is 11.8 Å². The minimum atomic E-state index is -0.601. The summed E-state index contributed by atoms with van der Waals surface area (Å²) >= 11 is 0. The van der Waals surface area contributed by atoms with Crippen molar-refractivity contribution in [2.45, 2.75) is 32.6 Å². The Bertz CT molecular complexity index is 195. The van der Waals surface area contributed by atoms with Gasteiger partial charge >= 0.3 is 11.8 Å². The van der Waals surface area contributed by atoms with Gasteiger partial charge in [-0.1, -0.05) is 26.2 Å². The van der Waals surface area contributed by atoms with Crippen LogP contribution in [0.25, 0.3) is 0 Å². The molecule has 5 heteroatoms. The average Bonchev–Trinajstić information content (AvgIpc) is 2.25. The normalized spacial score (nSPS) is 9.73. The van der Waals surface area contributed by atoms with E-state index in [1.807, 2.05) is 0 Å². The Morgan fingerprint density at radius 3 is 2.13 bits per heavy atom. The molecule has 0 unspecified atom stereocenters. The summed E-state index contributed by atoms with van der Waals surface area (Å²) in [4.78, 5) is 22.2. The van der Waals surface area contributed by atoms with Gasteiger partial charge in [0.1, 0.15) is 0 Å². The second-order valence-corrected chi connectivity index (χ2v) is 3.36. The van der Waals surface area contributed by atoms with Gasteiger partial charge in [0.2, 0.25) is 0 Å². The maximum Gasteiger partial charge on any atom is 0.309 e. The van der Waals surface area contributed by atoms with Crippen molar-refractivity contribution < 1.29 is 9.59 Å². The maximum absolute atomic E-state index is 11.1. The van der Waals surface area contributed by atoms with E-state index in [9.17, 15) is 9.59 Å². The lowest BCUT2D eigenvalue weighted by atomic mass is 10.2. The number of nitrogens with two attached hydrogens (primary N) is 1. The molecule has 0 bridgehead atoms. The van der Waals surface area contributed by atoms with Crippen molar-refractivity contribution in [1.82, 2.24) is 10.6 Å². The SMILES string of the molecule is CCCCCCNC(=O)C(=O)NCCN. The minimum absolute atomic E-state index is 0.335. The molecule has 0 saturated carbocycles. The van der Waals surface area contributed by atoms with E-state index in [-0.39, 0.29) is 0 Å². The first-order valence-corrected chi connectivity index (χ1v) is 5.48. The van der Waals surface area contributed by atoms with Crippen LogP contribution >= 0.6 is 0 Å².